The van der Waals surface area contributed by atoms with Crippen molar-refractivity contribution >= 4 is 28.6 Å². The molecule has 40 heavy (non-hydrogen) atoms. The summed E-state index contributed by atoms with van der Waals surface area (Å²) < 4.78 is 57.9. The lowest BCUT2D eigenvalue weighted by Crippen LogP contribution is -2.50. The Morgan fingerprint density at radius 1 is 1.15 bits per heavy atom. The Morgan fingerprint density at radius 3 is 2.62 bits per heavy atom. The Balaban J connectivity index is 1.81. The molecule has 0 bridgehead atoms. The minimum atomic E-state index is -4.74. The van der Waals surface area contributed by atoms with Crippen molar-refractivity contribution in [3.8, 4) is 5.69 Å². The largest absolute Gasteiger partial charge is 0.434 e. The SMILES string of the molecule is Cc1ccnc(C(C)C)c1-n1c(=O)nc(N2CCNC[C@@H]2C)c2cc(F)c(Sc3cccnc3C(F)(F)F)nc21. The first-order valence-corrected chi connectivity index (χ1v) is 13.6. The molecule has 0 amide bonds. The maximum atomic E-state index is 15.7. The molecule has 0 aliphatic carbocycles. The molecule has 4 aromatic rings. The number of nitrogens with one attached hydrogen (secondary N) is 1. The van der Waals surface area contributed by atoms with E-state index in [0.29, 0.717) is 42.8 Å². The summed E-state index contributed by atoms with van der Waals surface area (Å²) in [6.45, 7) is 9.44. The molecule has 1 aliphatic heterocycles. The number of pyridine rings is 3. The van der Waals surface area contributed by atoms with Gasteiger partial charge in [-0.2, -0.15) is 18.2 Å². The number of hydrogen-bond donors (Lipinski definition) is 1. The molecule has 0 unspecified atom stereocenters. The average Bonchev–Trinajstić information content (AvgIpc) is 2.89. The fourth-order valence-corrected chi connectivity index (χ4v) is 5.72. The minimum absolute atomic E-state index is 0.0482. The number of piperazine rings is 1. The highest BCUT2D eigenvalue weighted by molar-refractivity contribution is 7.99. The normalized spacial score (nSPS) is 16.2. The average molecular weight is 574 g/mol. The van der Waals surface area contributed by atoms with E-state index in [0.717, 1.165) is 11.8 Å². The number of rotatable bonds is 5. The Labute approximate surface area is 231 Å². The number of halogens is 4. The van der Waals surface area contributed by atoms with Crippen molar-refractivity contribution in [2.24, 2.45) is 0 Å². The van der Waals surface area contributed by atoms with E-state index in [-0.39, 0.29) is 38.7 Å². The van der Waals surface area contributed by atoms with Gasteiger partial charge in [0.05, 0.1) is 16.8 Å². The van der Waals surface area contributed by atoms with Crippen LogP contribution in [0.1, 0.15) is 43.6 Å². The summed E-state index contributed by atoms with van der Waals surface area (Å²) in [4.78, 5) is 32.2. The molecule has 1 saturated heterocycles. The molecule has 0 spiro atoms. The molecule has 5 heterocycles. The Bertz CT molecular complexity index is 1640. The number of aromatic nitrogens is 5. The molecular weight excluding hydrogens is 546 g/mol. The Hall–Kier alpha value is -3.58. The number of hydrogen-bond acceptors (Lipinski definition) is 8. The number of alkyl halides is 3. The van der Waals surface area contributed by atoms with Crippen LogP contribution in [0.5, 0.6) is 0 Å². The summed E-state index contributed by atoms with van der Waals surface area (Å²) in [5.41, 5.74) is 0.0968. The van der Waals surface area contributed by atoms with Crippen molar-refractivity contribution in [3.05, 3.63) is 69.9 Å². The van der Waals surface area contributed by atoms with Crippen molar-refractivity contribution in [2.75, 3.05) is 24.5 Å². The van der Waals surface area contributed by atoms with Crippen LogP contribution in [0.2, 0.25) is 0 Å². The molecule has 210 valence electrons. The molecule has 13 heteroatoms. The van der Waals surface area contributed by atoms with Crippen LogP contribution in [0.3, 0.4) is 0 Å². The minimum Gasteiger partial charge on any atom is -0.351 e. The summed E-state index contributed by atoms with van der Waals surface area (Å²) in [6.07, 6.45) is -2.07. The molecular formula is C27H27F4N7OS. The van der Waals surface area contributed by atoms with E-state index in [1.54, 1.807) is 12.3 Å². The number of aryl methyl sites for hydroxylation is 1. The van der Waals surface area contributed by atoms with Crippen LogP contribution in [-0.2, 0) is 6.18 Å². The smallest absolute Gasteiger partial charge is 0.351 e. The highest BCUT2D eigenvalue weighted by Crippen LogP contribution is 2.39. The number of anilines is 1. The van der Waals surface area contributed by atoms with E-state index in [2.05, 4.69) is 25.3 Å². The van der Waals surface area contributed by atoms with Crippen LogP contribution in [0.15, 0.2) is 51.4 Å². The van der Waals surface area contributed by atoms with Crippen LogP contribution in [0.25, 0.3) is 16.7 Å². The van der Waals surface area contributed by atoms with Gasteiger partial charge in [0.2, 0.25) is 0 Å². The third-order valence-electron chi connectivity index (χ3n) is 6.71. The third kappa shape index (κ3) is 5.15. The van der Waals surface area contributed by atoms with Crippen LogP contribution in [0.4, 0.5) is 23.4 Å². The zero-order chi connectivity index (χ0) is 28.8. The molecule has 1 fully saturated rings. The third-order valence-corrected chi connectivity index (χ3v) is 7.74. The summed E-state index contributed by atoms with van der Waals surface area (Å²) in [7, 11) is 0. The molecule has 1 atom stereocenters. The molecule has 1 aliphatic rings. The first kappa shape index (κ1) is 28.0. The highest BCUT2D eigenvalue weighted by atomic mass is 32.2. The summed E-state index contributed by atoms with van der Waals surface area (Å²) in [6, 6.07) is 5.45. The van der Waals surface area contributed by atoms with Crippen molar-refractivity contribution < 1.29 is 17.6 Å². The highest BCUT2D eigenvalue weighted by Gasteiger charge is 2.36. The molecule has 0 aromatic carbocycles. The predicted molar refractivity (Wildman–Crippen MR) is 145 cm³/mol. The number of fused-ring (bicyclic) bond motifs is 1. The second-order valence-electron chi connectivity index (χ2n) is 9.91. The zero-order valence-corrected chi connectivity index (χ0v) is 23.1. The quantitative estimate of drug-likeness (QED) is 0.330. The maximum absolute atomic E-state index is 15.7. The standard InChI is InChI=1S/C27H27F4N7OS/c1-14(2)20-21(15(3)7-9-33-20)38-24-17(23(36-26(38)39)37-11-10-32-13-16(37)4)12-18(28)25(35-24)40-19-6-5-8-34-22(19)27(29,30)31/h5-9,12,14,16,32H,10-11,13H2,1-4H3/t16-/m0/s1. The van der Waals surface area contributed by atoms with E-state index in [1.165, 1.54) is 22.8 Å². The van der Waals surface area contributed by atoms with Gasteiger partial charge in [0.1, 0.15) is 10.8 Å². The van der Waals surface area contributed by atoms with Gasteiger partial charge >= 0.3 is 11.9 Å². The Morgan fingerprint density at radius 2 is 1.93 bits per heavy atom. The van der Waals surface area contributed by atoms with Crippen LogP contribution in [-0.4, -0.2) is 50.2 Å². The van der Waals surface area contributed by atoms with Crippen molar-refractivity contribution in [2.45, 2.75) is 55.8 Å². The van der Waals surface area contributed by atoms with Gasteiger partial charge in [0.25, 0.3) is 0 Å². The summed E-state index contributed by atoms with van der Waals surface area (Å²) >= 11 is 0.505. The maximum Gasteiger partial charge on any atom is 0.434 e. The van der Waals surface area contributed by atoms with Crippen LogP contribution >= 0.6 is 11.8 Å². The summed E-state index contributed by atoms with van der Waals surface area (Å²) in [5, 5.41) is 3.23. The fraction of sp³-hybridized carbons (Fsp3) is 0.370. The molecule has 0 saturated carbocycles. The van der Waals surface area contributed by atoms with Gasteiger partial charge < -0.3 is 10.2 Å². The lowest BCUT2D eigenvalue weighted by Gasteiger charge is -2.35. The van der Waals surface area contributed by atoms with E-state index < -0.39 is 23.4 Å². The van der Waals surface area contributed by atoms with Gasteiger partial charge in [-0.25, -0.2) is 18.7 Å². The molecule has 4 aromatic heterocycles. The van der Waals surface area contributed by atoms with Gasteiger partial charge in [-0.1, -0.05) is 25.6 Å². The Kier molecular flexibility index (Phi) is 7.53. The van der Waals surface area contributed by atoms with E-state index in [4.69, 9.17) is 0 Å². The van der Waals surface area contributed by atoms with Gasteiger partial charge in [-0.05, 0) is 49.6 Å². The van der Waals surface area contributed by atoms with Crippen molar-refractivity contribution in [3.63, 3.8) is 0 Å². The first-order valence-electron chi connectivity index (χ1n) is 12.7. The van der Waals surface area contributed by atoms with Crippen molar-refractivity contribution in [1.82, 2.24) is 29.8 Å². The topological polar surface area (TPSA) is 88.8 Å². The van der Waals surface area contributed by atoms with E-state index in [9.17, 15) is 18.0 Å². The second kappa shape index (κ2) is 10.8. The lowest BCUT2D eigenvalue weighted by molar-refractivity contribution is -0.143. The molecule has 1 N–H and O–H groups in total. The summed E-state index contributed by atoms with van der Waals surface area (Å²) in [5.74, 6) is -0.639. The fourth-order valence-electron chi connectivity index (χ4n) is 4.81. The molecule has 8 nitrogen and oxygen atoms in total. The zero-order valence-electron chi connectivity index (χ0n) is 22.3. The molecule has 5 rings (SSSR count). The first-order chi connectivity index (χ1) is 19.0. The second-order valence-corrected chi connectivity index (χ2v) is 10.9. The predicted octanol–water partition coefficient (Wildman–Crippen LogP) is 5.11. The number of nitrogens with zero attached hydrogens (tertiary/aromatic N) is 6. The van der Waals surface area contributed by atoms with E-state index >= 15 is 4.39 Å². The van der Waals surface area contributed by atoms with E-state index in [1.807, 2.05) is 32.6 Å². The molecule has 0 radical (unpaired) electrons. The van der Waals surface area contributed by atoms with Crippen LogP contribution in [0, 0.1) is 12.7 Å². The van der Waals surface area contributed by atoms with Gasteiger partial charge in [-0.3, -0.25) is 9.97 Å². The van der Waals surface area contributed by atoms with Gasteiger partial charge in [0, 0.05) is 43.0 Å². The van der Waals surface area contributed by atoms with Gasteiger partial charge in [-0.15, -0.1) is 0 Å². The lowest BCUT2D eigenvalue weighted by atomic mass is 10.0. The van der Waals surface area contributed by atoms with Gasteiger partial charge in [0.15, 0.2) is 17.2 Å². The van der Waals surface area contributed by atoms with Crippen LogP contribution < -0.4 is 15.9 Å². The van der Waals surface area contributed by atoms with Crippen molar-refractivity contribution in [1.29, 1.82) is 0 Å². The monoisotopic (exact) mass is 573 g/mol.